The summed E-state index contributed by atoms with van der Waals surface area (Å²) in [5.41, 5.74) is 1.95. The van der Waals surface area contributed by atoms with E-state index in [-0.39, 0.29) is 6.61 Å². The molecule has 1 aromatic rings. The number of benzene rings is 1. The highest BCUT2D eigenvalue weighted by Gasteiger charge is 2.31. The first kappa shape index (κ1) is 9.98. The molecule has 4 nitrogen and oxygen atoms in total. The van der Waals surface area contributed by atoms with E-state index in [0.29, 0.717) is 6.54 Å². The van der Waals surface area contributed by atoms with Crippen molar-refractivity contribution >= 4 is 11.8 Å². The molecule has 0 spiro atoms. The molecule has 1 saturated heterocycles. The summed E-state index contributed by atoms with van der Waals surface area (Å²) < 4.78 is 4.94. The third-order valence-electron chi connectivity index (χ3n) is 2.42. The lowest BCUT2D eigenvalue weighted by molar-refractivity contribution is 0.0963. The molecule has 2 rings (SSSR count). The molecule has 0 aromatic heterocycles. The van der Waals surface area contributed by atoms with Crippen LogP contribution in [-0.2, 0) is 4.74 Å². The lowest BCUT2D eigenvalue weighted by atomic mass is 10.2. The van der Waals surface area contributed by atoms with Gasteiger partial charge in [-0.25, -0.2) is 4.79 Å². The SMILES string of the molecule is Cc1ccc(N2CC(CO)OC2=O)cc1. The molecule has 0 saturated carbocycles. The summed E-state index contributed by atoms with van der Waals surface area (Å²) in [5.74, 6) is 0. The standard InChI is InChI=1S/C11H13NO3/c1-8-2-4-9(5-3-8)12-6-10(7-13)15-11(12)14/h2-5,10,13H,6-7H2,1H3. The van der Waals surface area contributed by atoms with Gasteiger partial charge in [0.2, 0.25) is 0 Å². The highest BCUT2D eigenvalue weighted by molar-refractivity contribution is 5.89. The van der Waals surface area contributed by atoms with Gasteiger partial charge in [-0.2, -0.15) is 0 Å². The Labute approximate surface area is 88.1 Å². The zero-order valence-corrected chi connectivity index (χ0v) is 8.51. The number of cyclic esters (lactones) is 1. The van der Waals surface area contributed by atoms with Crippen molar-refractivity contribution in [3.05, 3.63) is 29.8 Å². The third kappa shape index (κ3) is 1.94. The largest absolute Gasteiger partial charge is 0.441 e. The summed E-state index contributed by atoms with van der Waals surface area (Å²) in [6, 6.07) is 7.62. The van der Waals surface area contributed by atoms with E-state index in [4.69, 9.17) is 9.84 Å². The van der Waals surface area contributed by atoms with Crippen LogP contribution in [0.1, 0.15) is 5.56 Å². The highest BCUT2D eigenvalue weighted by Crippen LogP contribution is 2.21. The van der Waals surface area contributed by atoms with Crippen molar-refractivity contribution in [1.82, 2.24) is 0 Å². The van der Waals surface area contributed by atoms with Crippen molar-refractivity contribution in [2.45, 2.75) is 13.0 Å². The van der Waals surface area contributed by atoms with Gasteiger partial charge in [-0.15, -0.1) is 0 Å². The maximum absolute atomic E-state index is 11.4. The number of aliphatic hydroxyl groups excluding tert-OH is 1. The molecule has 1 fully saturated rings. The van der Waals surface area contributed by atoms with Crippen LogP contribution in [-0.4, -0.2) is 30.5 Å². The van der Waals surface area contributed by atoms with Gasteiger partial charge >= 0.3 is 6.09 Å². The molecule has 4 heteroatoms. The molecule has 80 valence electrons. The molecule has 1 unspecified atom stereocenters. The van der Waals surface area contributed by atoms with Crippen molar-refractivity contribution in [3.8, 4) is 0 Å². The van der Waals surface area contributed by atoms with Gasteiger partial charge < -0.3 is 9.84 Å². The molecular weight excluding hydrogens is 194 g/mol. The first-order valence-corrected chi connectivity index (χ1v) is 4.86. The van der Waals surface area contributed by atoms with Crippen LogP contribution in [0.5, 0.6) is 0 Å². The van der Waals surface area contributed by atoms with Crippen LogP contribution in [0.2, 0.25) is 0 Å². The van der Waals surface area contributed by atoms with Gasteiger partial charge in [-0.1, -0.05) is 17.7 Å². The number of nitrogens with zero attached hydrogens (tertiary/aromatic N) is 1. The van der Waals surface area contributed by atoms with Gasteiger partial charge in [-0.05, 0) is 19.1 Å². The van der Waals surface area contributed by atoms with E-state index < -0.39 is 12.2 Å². The maximum Gasteiger partial charge on any atom is 0.414 e. The Hall–Kier alpha value is -1.55. The number of carbonyl (C=O) groups is 1. The van der Waals surface area contributed by atoms with Crippen LogP contribution in [0, 0.1) is 6.92 Å². The van der Waals surface area contributed by atoms with Gasteiger partial charge in [0.05, 0.1) is 13.2 Å². The number of aliphatic hydroxyl groups is 1. The van der Waals surface area contributed by atoms with Crippen molar-refractivity contribution in [3.63, 3.8) is 0 Å². The zero-order chi connectivity index (χ0) is 10.8. The van der Waals surface area contributed by atoms with E-state index in [9.17, 15) is 4.79 Å². The Balaban J connectivity index is 2.18. The summed E-state index contributed by atoms with van der Waals surface area (Å²) in [7, 11) is 0. The van der Waals surface area contributed by atoms with Crippen molar-refractivity contribution in [2.24, 2.45) is 0 Å². The fourth-order valence-electron chi connectivity index (χ4n) is 1.55. The number of ether oxygens (including phenoxy) is 1. The van der Waals surface area contributed by atoms with Crippen molar-refractivity contribution in [1.29, 1.82) is 0 Å². The number of aryl methyl sites for hydroxylation is 1. The third-order valence-corrected chi connectivity index (χ3v) is 2.42. The molecule has 1 N–H and O–H groups in total. The minimum Gasteiger partial charge on any atom is -0.441 e. The number of hydrogen-bond acceptors (Lipinski definition) is 3. The van der Waals surface area contributed by atoms with Gasteiger partial charge in [0.25, 0.3) is 0 Å². The van der Waals surface area contributed by atoms with Gasteiger partial charge in [-0.3, -0.25) is 4.90 Å². The Bertz CT molecular complexity index is 361. The molecular formula is C11H13NO3. The Morgan fingerprint density at radius 3 is 2.67 bits per heavy atom. The molecule has 1 aliphatic rings. The molecule has 0 aliphatic carbocycles. The maximum atomic E-state index is 11.4. The molecule has 1 aromatic carbocycles. The normalized spacial score (nSPS) is 20.5. The van der Waals surface area contributed by atoms with Gasteiger partial charge in [0.15, 0.2) is 0 Å². The average Bonchev–Trinajstić information content (AvgIpc) is 2.61. The fraction of sp³-hybridized carbons (Fsp3) is 0.364. The van der Waals surface area contributed by atoms with E-state index in [1.165, 1.54) is 4.90 Å². The molecule has 15 heavy (non-hydrogen) atoms. The van der Waals surface area contributed by atoms with Gasteiger partial charge in [0, 0.05) is 5.69 Å². The molecule has 1 amide bonds. The summed E-state index contributed by atoms with van der Waals surface area (Å²) in [5, 5.41) is 8.89. The van der Waals surface area contributed by atoms with E-state index in [1.807, 2.05) is 31.2 Å². The number of amides is 1. The Morgan fingerprint density at radius 1 is 1.47 bits per heavy atom. The minimum absolute atomic E-state index is 0.131. The summed E-state index contributed by atoms with van der Waals surface area (Å²) in [6.45, 7) is 2.27. The monoisotopic (exact) mass is 207 g/mol. The van der Waals surface area contributed by atoms with Crippen molar-refractivity contribution in [2.75, 3.05) is 18.1 Å². The quantitative estimate of drug-likeness (QED) is 0.795. The second kappa shape index (κ2) is 3.90. The smallest absolute Gasteiger partial charge is 0.414 e. The molecule has 1 heterocycles. The summed E-state index contributed by atoms with van der Waals surface area (Å²) in [4.78, 5) is 12.9. The van der Waals surface area contributed by atoms with Crippen LogP contribution in [0.15, 0.2) is 24.3 Å². The first-order chi connectivity index (χ1) is 7.20. The molecule has 0 bridgehead atoms. The van der Waals surface area contributed by atoms with Crippen LogP contribution >= 0.6 is 0 Å². The number of hydrogen-bond donors (Lipinski definition) is 1. The molecule has 1 atom stereocenters. The first-order valence-electron chi connectivity index (χ1n) is 4.86. The average molecular weight is 207 g/mol. The predicted molar refractivity (Wildman–Crippen MR) is 55.9 cm³/mol. The molecule has 1 aliphatic heterocycles. The van der Waals surface area contributed by atoms with E-state index in [2.05, 4.69) is 0 Å². The second-order valence-electron chi connectivity index (χ2n) is 3.63. The van der Waals surface area contributed by atoms with Crippen molar-refractivity contribution < 1.29 is 14.6 Å². The van der Waals surface area contributed by atoms with E-state index >= 15 is 0 Å². The topological polar surface area (TPSA) is 49.8 Å². The summed E-state index contributed by atoms with van der Waals surface area (Å²) in [6.07, 6.45) is -0.795. The Morgan fingerprint density at radius 2 is 2.13 bits per heavy atom. The zero-order valence-electron chi connectivity index (χ0n) is 8.51. The molecule has 0 radical (unpaired) electrons. The van der Waals surface area contributed by atoms with Crippen LogP contribution in [0.25, 0.3) is 0 Å². The number of carbonyl (C=O) groups excluding carboxylic acids is 1. The van der Waals surface area contributed by atoms with Crippen LogP contribution in [0.3, 0.4) is 0 Å². The second-order valence-corrected chi connectivity index (χ2v) is 3.63. The lowest BCUT2D eigenvalue weighted by Gasteiger charge is -2.12. The fourth-order valence-corrected chi connectivity index (χ4v) is 1.55. The highest BCUT2D eigenvalue weighted by atomic mass is 16.6. The van der Waals surface area contributed by atoms with Crippen LogP contribution in [0.4, 0.5) is 10.5 Å². The number of anilines is 1. The van der Waals surface area contributed by atoms with E-state index in [0.717, 1.165) is 11.3 Å². The Kier molecular flexibility index (Phi) is 2.60. The minimum atomic E-state index is -0.404. The van der Waals surface area contributed by atoms with Crippen LogP contribution < -0.4 is 4.90 Å². The predicted octanol–water partition coefficient (Wildman–Crippen LogP) is 1.31. The summed E-state index contributed by atoms with van der Waals surface area (Å²) >= 11 is 0. The lowest BCUT2D eigenvalue weighted by Crippen LogP contribution is -2.25. The van der Waals surface area contributed by atoms with E-state index in [1.54, 1.807) is 0 Å². The van der Waals surface area contributed by atoms with Gasteiger partial charge in [0.1, 0.15) is 6.10 Å². The number of rotatable bonds is 2.